The average molecular weight is 228 g/mol. The average Bonchev–Trinajstić information content (AvgIpc) is 2.16. The smallest absolute Gasteiger partial charge is 0.227 e. The van der Waals surface area contributed by atoms with Crippen LogP contribution in [0.3, 0.4) is 0 Å². The van der Waals surface area contributed by atoms with Gasteiger partial charge in [-0.05, 0) is 25.8 Å². The Labute approximate surface area is 93.9 Å². The fourth-order valence-electron chi connectivity index (χ4n) is 1.79. The lowest BCUT2D eigenvalue weighted by molar-refractivity contribution is 0.153. The van der Waals surface area contributed by atoms with E-state index in [1.807, 2.05) is 11.8 Å². The molecule has 0 amide bonds. The maximum atomic E-state index is 9.55. The third-order valence-electron chi connectivity index (χ3n) is 2.49. The van der Waals surface area contributed by atoms with Gasteiger partial charge in [0.25, 0.3) is 0 Å². The zero-order chi connectivity index (χ0) is 10.8. The normalized spacial score (nSPS) is 21.8. The molecule has 1 saturated heterocycles. The molecule has 0 bridgehead atoms. The number of hydrogen-bond acceptors (Lipinski definition) is 4. The minimum absolute atomic E-state index is 0.276. The quantitative estimate of drug-likeness (QED) is 0.737. The van der Waals surface area contributed by atoms with E-state index in [-0.39, 0.29) is 6.10 Å². The van der Waals surface area contributed by atoms with Gasteiger partial charge in [-0.15, -0.1) is 0 Å². The SMILES string of the molecule is Cc1cc(Cl)nc(N2CCC[C@@H](O)C2)n1. The van der Waals surface area contributed by atoms with E-state index in [2.05, 4.69) is 9.97 Å². The van der Waals surface area contributed by atoms with E-state index in [1.54, 1.807) is 6.07 Å². The van der Waals surface area contributed by atoms with Gasteiger partial charge in [0, 0.05) is 18.8 Å². The number of β-amino-alcohol motifs (C(OH)–C–C–N with tert-alkyl or cyclic N) is 1. The Hall–Kier alpha value is -0.870. The molecule has 4 nitrogen and oxygen atoms in total. The Morgan fingerprint density at radius 3 is 3.00 bits per heavy atom. The van der Waals surface area contributed by atoms with Crippen LogP contribution in [0.5, 0.6) is 0 Å². The molecule has 2 rings (SSSR count). The van der Waals surface area contributed by atoms with Gasteiger partial charge in [0.2, 0.25) is 5.95 Å². The van der Waals surface area contributed by atoms with Crippen molar-refractivity contribution >= 4 is 17.5 Å². The standard InChI is InChI=1S/C10H14ClN3O/c1-7-5-9(11)13-10(12-7)14-4-2-3-8(15)6-14/h5,8,15H,2-4,6H2,1H3/t8-/m1/s1. The molecule has 0 spiro atoms. The first-order valence-electron chi connectivity index (χ1n) is 5.09. The lowest BCUT2D eigenvalue weighted by atomic mass is 10.1. The molecule has 1 fully saturated rings. The third kappa shape index (κ3) is 2.58. The van der Waals surface area contributed by atoms with Gasteiger partial charge in [0.1, 0.15) is 5.15 Å². The zero-order valence-electron chi connectivity index (χ0n) is 8.65. The molecular weight excluding hydrogens is 214 g/mol. The van der Waals surface area contributed by atoms with E-state index in [0.717, 1.165) is 25.1 Å². The molecule has 1 atom stereocenters. The first-order valence-corrected chi connectivity index (χ1v) is 5.47. The number of piperidine rings is 1. The maximum absolute atomic E-state index is 9.55. The van der Waals surface area contributed by atoms with Crippen molar-refractivity contribution in [2.45, 2.75) is 25.9 Å². The van der Waals surface area contributed by atoms with Crippen LogP contribution < -0.4 is 4.90 Å². The van der Waals surface area contributed by atoms with E-state index < -0.39 is 0 Å². The molecule has 0 radical (unpaired) electrons. The molecule has 1 N–H and O–H groups in total. The van der Waals surface area contributed by atoms with Crippen LogP contribution in [0, 0.1) is 6.92 Å². The van der Waals surface area contributed by atoms with Crippen molar-refractivity contribution in [3.05, 3.63) is 16.9 Å². The van der Waals surface area contributed by atoms with Crippen LogP contribution in [0.2, 0.25) is 5.15 Å². The van der Waals surface area contributed by atoms with Crippen LogP contribution in [-0.4, -0.2) is 34.3 Å². The van der Waals surface area contributed by atoms with Crippen LogP contribution in [0.25, 0.3) is 0 Å². The molecule has 15 heavy (non-hydrogen) atoms. The highest BCUT2D eigenvalue weighted by Gasteiger charge is 2.20. The summed E-state index contributed by atoms with van der Waals surface area (Å²) in [5.74, 6) is 0.624. The summed E-state index contributed by atoms with van der Waals surface area (Å²) in [6, 6.07) is 1.73. The van der Waals surface area contributed by atoms with E-state index >= 15 is 0 Å². The molecule has 1 aromatic heterocycles. The number of rotatable bonds is 1. The number of aromatic nitrogens is 2. The fraction of sp³-hybridized carbons (Fsp3) is 0.600. The topological polar surface area (TPSA) is 49.2 Å². The van der Waals surface area contributed by atoms with Crippen molar-refractivity contribution in [3.8, 4) is 0 Å². The Morgan fingerprint density at radius 2 is 2.33 bits per heavy atom. The molecule has 2 heterocycles. The maximum Gasteiger partial charge on any atom is 0.227 e. The third-order valence-corrected chi connectivity index (χ3v) is 2.68. The van der Waals surface area contributed by atoms with Crippen molar-refractivity contribution in [1.29, 1.82) is 0 Å². The lowest BCUT2D eigenvalue weighted by Gasteiger charge is -2.30. The van der Waals surface area contributed by atoms with Crippen molar-refractivity contribution in [2.24, 2.45) is 0 Å². The van der Waals surface area contributed by atoms with Crippen LogP contribution in [0.15, 0.2) is 6.07 Å². The fourth-order valence-corrected chi connectivity index (χ4v) is 2.03. The van der Waals surface area contributed by atoms with Crippen molar-refractivity contribution in [3.63, 3.8) is 0 Å². The molecule has 0 aliphatic carbocycles. The zero-order valence-corrected chi connectivity index (χ0v) is 9.41. The molecule has 82 valence electrons. The van der Waals surface area contributed by atoms with Crippen molar-refractivity contribution < 1.29 is 5.11 Å². The first kappa shape index (κ1) is 10.6. The molecule has 0 saturated carbocycles. The lowest BCUT2D eigenvalue weighted by Crippen LogP contribution is -2.39. The van der Waals surface area contributed by atoms with Crippen LogP contribution in [0.4, 0.5) is 5.95 Å². The molecule has 5 heteroatoms. The van der Waals surface area contributed by atoms with Crippen LogP contribution >= 0.6 is 11.6 Å². The predicted octanol–water partition coefficient (Wildman–Crippen LogP) is 1.40. The number of nitrogens with zero attached hydrogens (tertiary/aromatic N) is 3. The summed E-state index contributed by atoms with van der Waals surface area (Å²) in [5, 5.41) is 10.0. The second-order valence-electron chi connectivity index (χ2n) is 3.87. The summed E-state index contributed by atoms with van der Waals surface area (Å²) in [4.78, 5) is 10.5. The number of aliphatic hydroxyl groups is 1. The number of halogens is 1. The van der Waals surface area contributed by atoms with Gasteiger partial charge < -0.3 is 10.0 Å². The second-order valence-corrected chi connectivity index (χ2v) is 4.26. The van der Waals surface area contributed by atoms with Gasteiger partial charge >= 0.3 is 0 Å². The minimum atomic E-state index is -0.276. The summed E-state index contributed by atoms with van der Waals surface area (Å²) >= 11 is 5.87. The number of hydrogen-bond donors (Lipinski definition) is 1. The van der Waals surface area contributed by atoms with E-state index in [0.29, 0.717) is 17.6 Å². The number of anilines is 1. The summed E-state index contributed by atoms with van der Waals surface area (Å²) in [6.07, 6.45) is 1.55. The Morgan fingerprint density at radius 1 is 1.53 bits per heavy atom. The Balaban J connectivity index is 2.20. The van der Waals surface area contributed by atoms with Gasteiger partial charge in [-0.1, -0.05) is 11.6 Å². The van der Waals surface area contributed by atoms with E-state index in [9.17, 15) is 5.11 Å². The molecule has 1 aliphatic rings. The molecule has 0 aromatic carbocycles. The largest absolute Gasteiger partial charge is 0.391 e. The van der Waals surface area contributed by atoms with E-state index in [1.165, 1.54) is 0 Å². The van der Waals surface area contributed by atoms with Gasteiger partial charge in [-0.25, -0.2) is 9.97 Å². The predicted molar refractivity (Wildman–Crippen MR) is 59.2 cm³/mol. The van der Waals surface area contributed by atoms with Gasteiger partial charge in [-0.3, -0.25) is 0 Å². The van der Waals surface area contributed by atoms with Crippen LogP contribution in [0.1, 0.15) is 18.5 Å². The summed E-state index contributed by atoms with van der Waals surface area (Å²) in [7, 11) is 0. The van der Waals surface area contributed by atoms with Crippen molar-refractivity contribution in [2.75, 3.05) is 18.0 Å². The highest BCUT2D eigenvalue weighted by molar-refractivity contribution is 6.29. The van der Waals surface area contributed by atoms with Gasteiger partial charge in [0.15, 0.2) is 0 Å². The number of aliphatic hydroxyl groups excluding tert-OH is 1. The summed E-state index contributed by atoms with van der Waals surface area (Å²) in [6.45, 7) is 3.37. The monoisotopic (exact) mass is 227 g/mol. The highest BCUT2D eigenvalue weighted by atomic mass is 35.5. The Kier molecular flexibility index (Phi) is 3.07. The summed E-state index contributed by atoms with van der Waals surface area (Å²) < 4.78 is 0. The van der Waals surface area contributed by atoms with Gasteiger partial charge in [0.05, 0.1) is 6.10 Å². The number of aryl methyl sites for hydroxylation is 1. The molecular formula is C10H14ClN3O. The molecule has 1 aromatic rings. The minimum Gasteiger partial charge on any atom is -0.391 e. The molecule has 1 aliphatic heterocycles. The van der Waals surface area contributed by atoms with E-state index in [4.69, 9.17) is 11.6 Å². The second kappa shape index (κ2) is 4.33. The Bertz CT molecular complexity index is 338. The first-order chi connectivity index (χ1) is 7.15. The van der Waals surface area contributed by atoms with Crippen LogP contribution in [-0.2, 0) is 0 Å². The van der Waals surface area contributed by atoms with Gasteiger partial charge in [-0.2, -0.15) is 0 Å². The summed E-state index contributed by atoms with van der Waals surface area (Å²) in [5.41, 5.74) is 0.852. The van der Waals surface area contributed by atoms with Crippen molar-refractivity contribution in [1.82, 2.24) is 9.97 Å². The molecule has 0 unspecified atom stereocenters. The highest BCUT2D eigenvalue weighted by Crippen LogP contribution is 2.18.